The van der Waals surface area contributed by atoms with Crippen molar-refractivity contribution in [3.8, 4) is 11.5 Å². The Hall–Kier alpha value is -2.88. The van der Waals surface area contributed by atoms with Gasteiger partial charge in [0.1, 0.15) is 10.3 Å². The molecule has 3 aromatic rings. The summed E-state index contributed by atoms with van der Waals surface area (Å²) in [4.78, 5) is 13.2. The summed E-state index contributed by atoms with van der Waals surface area (Å²) in [5.74, 6) is 0.986. The predicted molar refractivity (Wildman–Crippen MR) is 115 cm³/mol. The maximum atomic E-state index is 13.3. The molecule has 3 heterocycles. The minimum Gasteiger partial charge on any atom is -0.454 e. The first-order valence-corrected chi connectivity index (χ1v) is 12.1. The zero-order valence-corrected chi connectivity index (χ0v) is 18.1. The Labute approximate surface area is 184 Å². The lowest BCUT2D eigenvalue weighted by Gasteiger charge is -2.34. The number of benzene rings is 2. The summed E-state index contributed by atoms with van der Waals surface area (Å²) in [7, 11) is -3.79. The van der Waals surface area contributed by atoms with Gasteiger partial charge in [0.15, 0.2) is 11.5 Å². The molecule has 1 atom stereocenters. The van der Waals surface area contributed by atoms with Crippen LogP contribution in [0.5, 0.6) is 11.5 Å². The quantitative estimate of drug-likeness (QED) is 0.638. The Morgan fingerprint density at radius 1 is 1.06 bits per heavy atom. The van der Waals surface area contributed by atoms with E-state index in [9.17, 15) is 13.2 Å². The molecular weight excluding hydrogens is 436 g/mol. The van der Waals surface area contributed by atoms with Gasteiger partial charge in [0.25, 0.3) is 10.0 Å². The number of ether oxygens (including phenoxy) is 2. The molecule has 0 saturated heterocycles. The topological polar surface area (TPSA) is 84.9 Å². The molecule has 1 amide bonds. The minimum atomic E-state index is -3.79. The van der Waals surface area contributed by atoms with Gasteiger partial charge in [-0.15, -0.1) is 11.3 Å². The van der Waals surface area contributed by atoms with Crippen molar-refractivity contribution < 1.29 is 22.7 Å². The summed E-state index contributed by atoms with van der Waals surface area (Å²) in [6.07, 6.45) is 0.327. The van der Waals surface area contributed by atoms with E-state index < -0.39 is 16.1 Å². The lowest BCUT2D eigenvalue weighted by atomic mass is 9.95. The van der Waals surface area contributed by atoms with Crippen LogP contribution in [0.4, 0.5) is 0 Å². The van der Waals surface area contributed by atoms with Crippen molar-refractivity contribution >= 4 is 27.3 Å². The molecule has 0 radical (unpaired) electrons. The normalized spacial score (nSPS) is 17.9. The summed E-state index contributed by atoms with van der Waals surface area (Å²) in [5, 5.41) is 4.62. The predicted octanol–water partition coefficient (Wildman–Crippen LogP) is 2.91. The second-order valence-corrected chi connectivity index (χ2v) is 10.4. The first kappa shape index (κ1) is 20.0. The monoisotopic (exact) mass is 456 g/mol. The van der Waals surface area contributed by atoms with E-state index in [1.165, 1.54) is 4.31 Å². The second-order valence-electron chi connectivity index (χ2n) is 7.38. The van der Waals surface area contributed by atoms with Crippen molar-refractivity contribution in [3.63, 3.8) is 0 Å². The van der Waals surface area contributed by atoms with Gasteiger partial charge in [-0.2, -0.15) is 4.31 Å². The van der Waals surface area contributed by atoms with E-state index in [1.54, 1.807) is 23.6 Å². The molecule has 0 saturated carbocycles. The SMILES string of the molecule is O=C(NCc1ccc2c(c1)OCO2)C1Cc2ccccc2CN1S(=O)(=O)c1cccs1. The Morgan fingerprint density at radius 2 is 1.87 bits per heavy atom. The van der Waals surface area contributed by atoms with Crippen molar-refractivity contribution in [1.82, 2.24) is 9.62 Å². The molecule has 0 aliphatic carbocycles. The first-order valence-electron chi connectivity index (χ1n) is 9.81. The van der Waals surface area contributed by atoms with Crippen molar-refractivity contribution in [2.45, 2.75) is 29.8 Å². The molecule has 2 aromatic carbocycles. The zero-order valence-electron chi connectivity index (χ0n) is 16.5. The molecule has 5 rings (SSSR count). The van der Waals surface area contributed by atoms with E-state index in [0.29, 0.717) is 17.9 Å². The third kappa shape index (κ3) is 3.80. The van der Waals surface area contributed by atoms with Gasteiger partial charge in [-0.25, -0.2) is 8.42 Å². The fourth-order valence-electron chi connectivity index (χ4n) is 3.86. The van der Waals surface area contributed by atoms with Crippen molar-refractivity contribution in [2.24, 2.45) is 0 Å². The van der Waals surface area contributed by atoms with Crippen LogP contribution < -0.4 is 14.8 Å². The third-order valence-corrected chi connectivity index (χ3v) is 8.70. The highest BCUT2D eigenvalue weighted by molar-refractivity contribution is 7.91. The lowest BCUT2D eigenvalue weighted by molar-refractivity contribution is -0.125. The number of carbonyl (C=O) groups is 1. The molecule has 1 unspecified atom stereocenters. The van der Waals surface area contributed by atoms with E-state index in [4.69, 9.17) is 9.47 Å². The van der Waals surface area contributed by atoms with Crippen molar-refractivity contribution in [1.29, 1.82) is 0 Å². The molecule has 1 N–H and O–H groups in total. The average molecular weight is 457 g/mol. The summed E-state index contributed by atoms with van der Waals surface area (Å²) in [6.45, 7) is 0.612. The average Bonchev–Trinajstić information content (AvgIpc) is 3.48. The molecule has 0 spiro atoms. The van der Waals surface area contributed by atoms with Gasteiger partial charge in [0.2, 0.25) is 12.7 Å². The van der Waals surface area contributed by atoms with Crippen LogP contribution in [-0.4, -0.2) is 31.5 Å². The van der Waals surface area contributed by atoms with Gasteiger partial charge in [0, 0.05) is 13.1 Å². The number of nitrogens with zero attached hydrogens (tertiary/aromatic N) is 1. The van der Waals surface area contributed by atoms with E-state index >= 15 is 0 Å². The number of hydrogen-bond donors (Lipinski definition) is 1. The molecule has 2 aliphatic rings. The highest BCUT2D eigenvalue weighted by atomic mass is 32.2. The van der Waals surface area contributed by atoms with Gasteiger partial charge >= 0.3 is 0 Å². The molecule has 31 heavy (non-hydrogen) atoms. The number of rotatable bonds is 5. The number of nitrogens with one attached hydrogen (secondary N) is 1. The van der Waals surface area contributed by atoms with Crippen LogP contribution in [0, 0.1) is 0 Å². The number of amides is 1. The van der Waals surface area contributed by atoms with E-state index in [2.05, 4.69) is 5.32 Å². The first-order chi connectivity index (χ1) is 15.0. The number of hydrogen-bond acceptors (Lipinski definition) is 6. The van der Waals surface area contributed by atoms with Crippen LogP contribution >= 0.6 is 11.3 Å². The Morgan fingerprint density at radius 3 is 2.68 bits per heavy atom. The van der Waals surface area contributed by atoms with Gasteiger partial charge in [-0.05, 0) is 46.7 Å². The van der Waals surface area contributed by atoms with Gasteiger partial charge < -0.3 is 14.8 Å². The Bertz CT molecular complexity index is 1220. The maximum Gasteiger partial charge on any atom is 0.253 e. The number of thiophene rings is 1. The van der Waals surface area contributed by atoms with Crippen molar-refractivity contribution in [2.75, 3.05) is 6.79 Å². The lowest BCUT2D eigenvalue weighted by Crippen LogP contribution is -2.52. The van der Waals surface area contributed by atoms with Gasteiger partial charge in [0.05, 0.1) is 0 Å². The van der Waals surface area contributed by atoms with Crippen LogP contribution in [0.3, 0.4) is 0 Å². The second kappa shape index (κ2) is 7.99. The van der Waals surface area contributed by atoms with Gasteiger partial charge in [-0.3, -0.25) is 4.79 Å². The minimum absolute atomic E-state index is 0.165. The molecular formula is C22H20N2O5S2. The van der Waals surface area contributed by atoms with Crippen molar-refractivity contribution in [3.05, 3.63) is 76.7 Å². The number of sulfonamides is 1. The number of fused-ring (bicyclic) bond motifs is 2. The Kier molecular flexibility index (Phi) is 5.17. The molecule has 0 fully saturated rings. The largest absolute Gasteiger partial charge is 0.454 e. The van der Waals surface area contributed by atoms with E-state index in [0.717, 1.165) is 28.0 Å². The van der Waals surface area contributed by atoms with E-state index in [1.807, 2.05) is 36.4 Å². The smallest absolute Gasteiger partial charge is 0.253 e. The molecule has 160 valence electrons. The third-order valence-electron chi connectivity index (χ3n) is 5.47. The van der Waals surface area contributed by atoms with Crippen LogP contribution in [0.25, 0.3) is 0 Å². The highest BCUT2D eigenvalue weighted by Gasteiger charge is 2.39. The summed E-state index contributed by atoms with van der Waals surface area (Å²) in [5.41, 5.74) is 2.76. The highest BCUT2D eigenvalue weighted by Crippen LogP contribution is 2.33. The maximum absolute atomic E-state index is 13.3. The zero-order chi connectivity index (χ0) is 21.4. The summed E-state index contributed by atoms with van der Waals surface area (Å²) >= 11 is 1.15. The molecule has 2 aliphatic heterocycles. The van der Waals surface area contributed by atoms with Gasteiger partial charge in [-0.1, -0.05) is 36.4 Å². The number of carbonyl (C=O) groups excluding carboxylic acids is 1. The molecule has 1 aromatic heterocycles. The molecule has 0 bridgehead atoms. The fraction of sp³-hybridized carbons (Fsp3) is 0.227. The Balaban J connectivity index is 1.40. The summed E-state index contributed by atoms with van der Waals surface area (Å²) in [6, 6.07) is 15.6. The van der Waals surface area contributed by atoms with E-state index in [-0.39, 0.29) is 30.0 Å². The fourth-order valence-corrected chi connectivity index (χ4v) is 6.54. The standard InChI is InChI=1S/C22H20N2O5S2/c25-22(23-12-15-7-8-19-20(10-15)29-14-28-19)18-11-16-4-1-2-5-17(16)13-24(18)31(26,27)21-6-3-9-30-21/h1-10,18H,11-14H2,(H,23,25). The summed E-state index contributed by atoms with van der Waals surface area (Å²) < 4.78 is 38.8. The van der Waals surface area contributed by atoms with Crippen LogP contribution in [0.2, 0.25) is 0 Å². The van der Waals surface area contributed by atoms with Crippen LogP contribution in [0.15, 0.2) is 64.2 Å². The molecule has 7 nitrogen and oxygen atoms in total. The van der Waals surface area contributed by atoms with Crippen LogP contribution in [-0.2, 0) is 34.3 Å². The van der Waals surface area contributed by atoms with Crippen LogP contribution in [0.1, 0.15) is 16.7 Å². The molecule has 9 heteroatoms.